The van der Waals surface area contributed by atoms with Crippen LogP contribution in [0.5, 0.6) is 0 Å². The summed E-state index contributed by atoms with van der Waals surface area (Å²) in [6, 6.07) is 9.42. The summed E-state index contributed by atoms with van der Waals surface area (Å²) in [6.07, 6.45) is 1.25. The lowest BCUT2D eigenvalue weighted by atomic mass is 9.70. The topological polar surface area (TPSA) is 12.0 Å². The monoisotopic (exact) mass is 301 g/mol. The summed E-state index contributed by atoms with van der Waals surface area (Å²) < 4.78 is 1.31. The first-order valence-corrected chi connectivity index (χ1v) is 6.22. The van der Waals surface area contributed by atoms with Gasteiger partial charge in [-0.25, -0.2) is 0 Å². The molecule has 1 aromatic rings. The molecule has 2 heteroatoms. The molecule has 0 spiro atoms. The zero-order valence-electron chi connectivity index (χ0n) is 8.68. The van der Waals surface area contributed by atoms with Gasteiger partial charge in [0.2, 0.25) is 0 Å². The van der Waals surface area contributed by atoms with E-state index in [1.165, 1.54) is 15.6 Å². The van der Waals surface area contributed by atoms with Gasteiger partial charge in [-0.15, -0.1) is 0 Å². The van der Waals surface area contributed by atoms with E-state index >= 15 is 0 Å². The molecule has 2 atom stereocenters. The highest BCUT2D eigenvalue weighted by atomic mass is 127. The summed E-state index contributed by atoms with van der Waals surface area (Å²) in [6.45, 7) is 5.80. The molecule has 2 unspecified atom stereocenters. The van der Waals surface area contributed by atoms with Crippen LogP contribution in [0.1, 0.15) is 31.9 Å². The second-order valence-corrected chi connectivity index (χ2v) is 5.62. The fourth-order valence-electron chi connectivity index (χ4n) is 2.06. The second kappa shape index (κ2) is 3.81. The summed E-state index contributed by atoms with van der Waals surface area (Å²) >= 11 is 2.35. The van der Waals surface area contributed by atoms with Crippen LogP contribution in [-0.4, -0.2) is 6.54 Å². The fraction of sp³-hybridized carbons (Fsp3) is 0.500. The lowest BCUT2D eigenvalue weighted by Gasteiger charge is -2.48. The van der Waals surface area contributed by atoms with Crippen LogP contribution >= 0.6 is 22.6 Å². The first-order chi connectivity index (χ1) is 6.65. The maximum absolute atomic E-state index is 3.52. The van der Waals surface area contributed by atoms with Crippen LogP contribution in [0.4, 0.5) is 0 Å². The molecule has 1 nitrogen and oxygen atoms in total. The Balaban J connectivity index is 2.20. The van der Waals surface area contributed by atoms with Crippen LogP contribution in [0.3, 0.4) is 0 Å². The van der Waals surface area contributed by atoms with E-state index in [4.69, 9.17) is 0 Å². The van der Waals surface area contributed by atoms with Gasteiger partial charge in [-0.3, -0.25) is 0 Å². The second-order valence-electron chi connectivity index (χ2n) is 4.37. The summed E-state index contributed by atoms with van der Waals surface area (Å²) in [4.78, 5) is 0. The predicted molar refractivity (Wildman–Crippen MR) is 68.3 cm³/mol. The third-order valence-electron chi connectivity index (χ3n) is 3.42. The minimum absolute atomic E-state index is 0.465. The van der Waals surface area contributed by atoms with Crippen molar-refractivity contribution in [1.82, 2.24) is 5.32 Å². The smallest absolute Gasteiger partial charge is 0.0386 e. The standard InChI is InChI=1S/C12H16IN/c1-3-12(2)8-14-11(12)9-4-6-10(13)7-5-9/h4-7,11,14H,3,8H2,1-2H3. The molecule has 1 aromatic carbocycles. The SMILES string of the molecule is CCC1(C)CNC1c1ccc(I)cc1. The van der Waals surface area contributed by atoms with Crippen LogP contribution in [0.2, 0.25) is 0 Å². The lowest BCUT2D eigenvalue weighted by molar-refractivity contribution is 0.0989. The van der Waals surface area contributed by atoms with E-state index < -0.39 is 0 Å². The number of benzene rings is 1. The quantitative estimate of drug-likeness (QED) is 0.826. The zero-order chi connectivity index (χ0) is 10.2. The van der Waals surface area contributed by atoms with E-state index in [1.807, 2.05) is 0 Å². The van der Waals surface area contributed by atoms with Gasteiger partial charge in [0.05, 0.1) is 0 Å². The minimum Gasteiger partial charge on any atom is -0.309 e. The number of nitrogens with one attached hydrogen (secondary N) is 1. The number of halogens is 1. The Morgan fingerprint density at radius 1 is 1.43 bits per heavy atom. The molecule has 0 aromatic heterocycles. The van der Waals surface area contributed by atoms with Gasteiger partial charge in [0, 0.05) is 16.2 Å². The van der Waals surface area contributed by atoms with Gasteiger partial charge in [0.1, 0.15) is 0 Å². The third kappa shape index (κ3) is 1.70. The van der Waals surface area contributed by atoms with E-state index in [-0.39, 0.29) is 0 Å². The molecule has 0 bridgehead atoms. The molecular formula is C12H16IN. The first-order valence-electron chi connectivity index (χ1n) is 5.14. The summed E-state index contributed by atoms with van der Waals surface area (Å²) in [5, 5.41) is 3.52. The highest BCUT2D eigenvalue weighted by Gasteiger charge is 2.41. The Morgan fingerprint density at radius 2 is 2.07 bits per heavy atom. The van der Waals surface area contributed by atoms with Gasteiger partial charge in [0.25, 0.3) is 0 Å². The van der Waals surface area contributed by atoms with Crippen molar-refractivity contribution in [1.29, 1.82) is 0 Å². The Kier molecular flexibility index (Phi) is 2.84. The van der Waals surface area contributed by atoms with E-state index in [2.05, 4.69) is 66.0 Å². The maximum Gasteiger partial charge on any atom is 0.0386 e. The molecule has 0 radical (unpaired) electrons. The third-order valence-corrected chi connectivity index (χ3v) is 4.14. The number of hydrogen-bond acceptors (Lipinski definition) is 1. The van der Waals surface area contributed by atoms with Gasteiger partial charge < -0.3 is 5.32 Å². The molecule has 0 saturated carbocycles. The van der Waals surface area contributed by atoms with E-state index in [9.17, 15) is 0 Å². The Morgan fingerprint density at radius 3 is 2.50 bits per heavy atom. The molecule has 0 amide bonds. The van der Waals surface area contributed by atoms with Gasteiger partial charge >= 0.3 is 0 Å². The van der Waals surface area contributed by atoms with Crippen molar-refractivity contribution < 1.29 is 0 Å². The maximum atomic E-state index is 3.52. The highest BCUT2D eigenvalue weighted by molar-refractivity contribution is 14.1. The molecule has 1 aliphatic heterocycles. The van der Waals surface area contributed by atoms with E-state index in [1.54, 1.807) is 0 Å². The molecule has 1 aliphatic rings. The number of rotatable bonds is 2. The zero-order valence-corrected chi connectivity index (χ0v) is 10.8. The largest absolute Gasteiger partial charge is 0.309 e. The molecule has 76 valence electrons. The molecule has 0 aliphatic carbocycles. The van der Waals surface area contributed by atoms with Crippen molar-refractivity contribution in [3.05, 3.63) is 33.4 Å². The number of hydrogen-bond donors (Lipinski definition) is 1. The van der Waals surface area contributed by atoms with Crippen molar-refractivity contribution in [2.75, 3.05) is 6.54 Å². The molecule has 1 fully saturated rings. The van der Waals surface area contributed by atoms with Gasteiger partial charge in [-0.1, -0.05) is 26.0 Å². The van der Waals surface area contributed by atoms with Crippen LogP contribution in [0.25, 0.3) is 0 Å². The highest BCUT2D eigenvalue weighted by Crippen LogP contribution is 2.43. The Hall–Kier alpha value is -0.0900. The van der Waals surface area contributed by atoms with Gasteiger partial charge in [-0.2, -0.15) is 0 Å². The van der Waals surface area contributed by atoms with Crippen LogP contribution in [-0.2, 0) is 0 Å². The van der Waals surface area contributed by atoms with Crippen molar-refractivity contribution in [2.45, 2.75) is 26.3 Å². The molecule has 1 N–H and O–H groups in total. The van der Waals surface area contributed by atoms with E-state index in [0.717, 1.165) is 6.54 Å². The molecule has 14 heavy (non-hydrogen) atoms. The predicted octanol–water partition coefficient (Wildman–Crippen LogP) is 3.35. The van der Waals surface area contributed by atoms with Gasteiger partial charge in [-0.05, 0) is 52.1 Å². The molecule has 2 rings (SSSR count). The average molecular weight is 301 g/mol. The normalized spacial score (nSPS) is 31.2. The Bertz CT molecular complexity index is 316. The fourth-order valence-corrected chi connectivity index (χ4v) is 2.42. The first kappa shape index (κ1) is 10.4. The summed E-state index contributed by atoms with van der Waals surface area (Å²) in [5.74, 6) is 0. The van der Waals surface area contributed by atoms with Crippen LogP contribution < -0.4 is 5.32 Å². The molecule has 1 saturated heterocycles. The summed E-state index contributed by atoms with van der Waals surface area (Å²) in [5.41, 5.74) is 1.90. The average Bonchev–Trinajstić information content (AvgIpc) is 2.18. The Labute approximate surface area is 99.4 Å². The minimum atomic E-state index is 0.465. The summed E-state index contributed by atoms with van der Waals surface area (Å²) in [7, 11) is 0. The molecular weight excluding hydrogens is 285 g/mol. The molecule has 1 heterocycles. The van der Waals surface area contributed by atoms with Crippen molar-refractivity contribution >= 4 is 22.6 Å². The van der Waals surface area contributed by atoms with Crippen molar-refractivity contribution in [3.63, 3.8) is 0 Å². The lowest BCUT2D eigenvalue weighted by Crippen LogP contribution is -2.53. The van der Waals surface area contributed by atoms with Crippen LogP contribution in [0, 0.1) is 8.99 Å². The van der Waals surface area contributed by atoms with Crippen molar-refractivity contribution in [2.24, 2.45) is 5.41 Å². The van der Waals surface area contributed by atoms with Crippen LogP contribution in [0.15, 0.2) is 24.3 Å². The van der Waals surface area contributed by atoms with E-state index in [0.29, 0.717) is 11.5 Å². The van der Waals surface area contributed by atoms with Crippen molar-refractivity contribution in [3.8, 4) is 0 Å². The van der Waals surface area contributed by atoms with Gasteiger partial charge in [0.15, 0.2) is 0 Å².